The Kier molecular flexibility index (Phi) is 3.47. The molecule has 1 N–H and O–H groups in total. The highest BCUT2D eigenvalue weighted by molar-refractivity contribution is 5.89. The van der Waals surface area contributed by atoms with Crippen molar-refractivity contribution < 1.29 is 14.3 Å². The summed E-state index contributed by atoms with van der Waals surface area (Å²) in [5.74, 6) is -0.623. The van der Waals surface area contributed by atoms with Crippen molar-refractivity contribution in [3.8, 4) is 0 Å². The smallest absolute Gasteiger partial charge is 0.255 e. The summed E-state index contributed by atoms with van der Waals surface area (Å²) in [6.07, 6.45) is -1.05. The van der Waals surface area contributed by atoms with E-state index in [-0.39, 0.29) is 17.8 Å². The molecule has 0 bridgehead atoms. The zero-order valence-electron chi connectivity index (χ0n) is 11.6. The normalized spacial score (nSPS) is 22.8. The molecule has 1 unspecified atom stereocenters. The first-order chi connectivity index (χ1) is 10.1. The van der Waals surface area contributed by atoms with Crippen molar-refractivity contribution in [3.63, 3.8) is 0 Å². The van der Waals surface area contributed by atoms with Gasteiger partial charge in [-0.2, -0.15) is 0 Å². The van der Waals surface area contributed by atoms with E-state index in [4.69, 9.17) is 0 Å². The van der Waals surface area contributed by atoms with E-state index in [1.165, 1.54) is 12.1 Å². The molecule has 1 amide bonds. The third kappa shape index (κ3) is 2.32. The maximum absolute atomic E-state index is 13.0. The van der Waals surface area contributed by atoms with Gasteiger partial charge in [-0.25, -0.2) is 4.39 Å². The Morgan fingerprint density at radius 2 is 1.71 bits per heavy atom. The van der Waals surface area contributed by atoms with Crippen LogP contribution in [-0.2, 0) is 4.79 Å². The number of aliphatic hydroxyl groups excluding tert-OH is 1. The van der Waals surface area contributed by atoms with Crippen molar-refractivity contribution in [3.05, 3.63) is 71.5 Å². The lowest BCUT2D eigenvalue weighted by atomic mass is 9.87. The molecule has 3 atom stereocenters. The second-order valence-corrected chi connectivity index (χ2v) is 5.27. The van der Waals surface area contributed by atoms with Crippen molar-refractivity contribution in [2.45, 2.75) is 25.1 Å². The molecule has 0 aromatic heterocycles. The van der Waals surface area contributed by atoms with Crippen LogP contribution in [0.5, 0.6) is 0 Å². The van der Waals surface area contributed by atoms with E-state index in [0.717, 1.165) is 11.1 Å². The molecule has 1 heterocycles. The molecule has 0 saturated carbocycles. The molecule has 1 aliphatic heterocycles. The van der Waals surface area contributed by atoms with E-state index < -0.39 is 12.1 Å². The average Bonchev–Trinajstić information content (AvgIpc) is 2.53. The Morgan fingerprint density at radius 3 is 2.33 bits per heavy atom. The summed E-state index contributed by atoms with van der Waals surface area (Å²) in [6.45, 7) is 1.93. The van der Waals surface area contributed by atoms with Crippen molar-refractivity contribution in [1.29, 1.82) is 0 Å². The summed E-state index contributed by atoms with van der Waals surface area (Å²) in [6, 6.07) is 15.0. The molecule has 2 aromatic rings. The highest BCUT2D eigenvalue weighted by atomic mass is 19.1. The van der Waals surface area contributed by atoms with E-state index in [2.05, 4.69) is 0 Å². The Hall–Kier alpha value is -2.20. The average molecular weight is 285 g/mol. The quantitative estimate of drug-likeness (QED) is 0.881. The summed E-state index contributed by atoms with van der Waals surface area (Å²) in [7, 11) is 0. The first kappa shape index (κ1) is 13.8. The third-order valence-electron chi connectivity index (χ3n) is 4.02. The van der Waals surface area contributed by atoms with Gasteiger partial charge in [-0.15, -0.1) is 0 Å². The molecule has 3 nitrogen and oxygen atoms in total. The van der Waals surface area contributed by atoms with Crippen molar-refractivity contribution in [1.82, 2.24) is 4.90 Å². The lowest BCUT2D eigenvalue weighted by Gasteiger charge is -2.48. The molecular weight excluding hydrogens is 269 g/mol. The van der Waals surface area contributed by atoms with Gasteiger partial charge in [0, 0.05) is 0 Å². The van der Waals surface area contributed by atoms with Gasteiger partial charge in [-0.05, 0) is 30.2 Å². The number of carbonyl (C=O) groups excluding carboxylic acids is 1. The Morgan fingerprint density at radius 1 is 1.10 bits per heavy atom. The molecule has 0 radical (unpaired) electrons. The van der Waals surface area contributed by atoms with E-state index in [1.54, 1.807) is 17.0 Å². The minimum atomic E-state index is -1.05. The minimum absolute atomic E-state index is 0.142. The van der Waals surface area contributed by atoms with Crippen molar-refractivity contribution in [2.24, 2.45) is 0 Å². The van der Waals surface area contributed by atoms with Crippen LogP contribution in [0.2, 0.25) is 0 Å². The van der Waals surface area contributed by atoms with Gasteiger partial charge in [0.05, 0.1) is 12.1 Å². The lowest BCUT2D eigenvalue weighted by molar-refractivity contribution is -0.172. The van der Waals surface area contributed by atoms with Gasteiger partial charge in [0.15, 0.2) is 6.10 Å². The number of halogens is 1. The van der Waals surface area contributed by atoms with Crippen molar-refractivity contribution in [2.75, 3.05) is 0 Å². The molecule has 0 spiro atoms. The number of β-lactam (4-membered cyclic amide) rings is 1. The lowest BCUT2D eigenvalue weighted by Crippen LogP contribution is -2.59. The number of aliphatic hydroxyl groups is 1. The van der Waals surface area contributed by atoms with Crippen LogP contribution in [0.4, 0.5) is 4.39 Å². The van der Waals surface area contributed by atoms with Gasteiger partial charge >= 0.3 is 0 Å². The predicted octanol–water partition coefficient (Wildman–Crippen LogP) is 2.83. The molecule has 1 saturated heterocycles. The Balaban J connectivity index is 1.90. The summed E-state index contributed by atoms with van der Waals surface area (Å²) in [5.41, 5.74) is 1.75. The van der Waals surface area contributed by atoms with Gasteiger partial charge in [0.1, 0.15) is 5.82 Å². The maximum atomic E-state index is 13.0. The first-order valence-electron chi connectivity index (χ1n) is 6.90. The number of nitrogens with zero attached hydrogens (tertiary/aromatic N) is 1. The molecule has 1 aliphatic rings. The first-order valence-corrected chi connectivity index (χ1v) is 6.90. The number of hydrogen-bond acceptors (Lipinski definition) is 2. The SMILES string of the molecule is CC(c1ccccc1)N1C(=O)[C@H](O)[C@@H]1c1ccc(F)cc1. The summed E-state index contributed by atoms with van der Waals surface area (Å²) >= 11 is 0. The van der Waals surface area contributed by atoms with E-state index in [9.17, 15) is 14.3 Å². The fourth-order valence-corrected chi connectivity index (χ4v) is 2.82. The predicted molar refractivity (Wildman–Crippen MR) is 76.9 cm³/mol. The van der Waals surface area contributed by atoms with Crippen LogP contribution in [0.25, 0.3) is 0 Å². The van der Waals surface area contributed by atoms with Gasteiger partial charge in [0.25, 0.3) is 5.91 Å². The molecule has 1 fully saturated rings. The third-order valence-corrected chi connectivity index (χ3v) is 4.02. The highest BCUT2D eigenvalue weighted by Gasteiger charge is 2.49. The van der Waals surface area contributed by atoms with E-state index in [0.29, 0.717) is 0 Å². The summed E-state index contributed by atoms with van der Waals surface area (Å²) < 4.78 is 13.0. The monoisotopic (exact) mass is 285 g/mol. The number of benzene rings is 2. The number of hydrogen-bond donors (Lipinski definition) is 1. The number of carbonyl (C=O) groups is 1. The number of rotatable bonds is 3. The zero-order chi connectivity index (χ0) is 15.0. The maximum Gasteiger partial charge on any atom is 0.255 e. The highest BCUT2D eigenvalue weighted by Crippen LogP contribution is 2.41. The topological polar surface area (TPSA) is 40.5 Å². The second-order valence-electron chi connectivity index (χ2n) is 5.27. The molecular formula is C17H16FNO2. The fraction of sp³-hybridized carbons (Fsp3) is 0.235. The summed E-state index contributed by atoms with van der Waals surface area (Å²) in [5, 5.41) is 9.98. The van der Waals surface area contributed by atoms with Crippen LogP contribution >= 0.6 is 0 Å². The van der Waals surface area contributed by atoms with Crippen LogP contribution in [0.1, 0.15) is 30.1 Å². The van der Waals surface area contributed by atoms with E-state index >= 15 is 0 Å². The minimum Gasteiger partial charge on any atom is -0.381 e. The Labute approximate surface area is 122 Å². The van der Waals surface area contributed by atoms with Gasteiger partial charge in [-0.3, -0.25) is 4.79 Å². The van der Waals surface area contributed by atoms with Crippen LogP contribution in [-0.4, -0.2) is 22.0 Å². The molecule has 4 heteroatoms. The standard InChI is InChI=1S/C17H16FNO2/c1-11(12-5-3-2-4-6-12)19-15(16(20)17(19)21)13-7-9-14(18)10-8-13/h2-11,15-16,20H,1H3/t11?,15-,16+/m0/s1. The largest absolute Gasteiger partial charge is 0.381 e. The van der Waals surface area contributed by atoms with E-state index in [1.807, 2.05) is 37.3 Å². The zero-order valence-corrected chi connectivity index (χ0v) is 11.6. The molecule has 3 rings (SSSR count). The van der Waals surface area contributed by atoms with Crippen LogP contribution in [0, 0.1) is 5.82 Å². The number of amides is 1. The molecule has 2 aromatic carbocycles. The van der Waals surface area contributed by atoms with Crippen LogP contribution in [0.15, 0.2) is 54.6 Å². The number of likely N-dealkylation sites (tertiary alicyclic amines) is 1. The Bertz CT molecular complexity index is 642. The fourth-order valence-electron chi connectivity index (χ4n) is 2.82. The van der Waals surface area contributed by atoms with Crippen LogP contribution < -0.4 is 0 Å². The summed E-state index contributed by atoms with van der Waals surface area (Å²) in [4.78, 5) is 13.7. The van der Waals surface area contributed by atoms with Gasteiger partial charge in [-0.1, -0.05) is 42.5 Å². The van der Waals surface area contributed by atoms with Gasteiger partial charge in [0.2, 0.25) is 0 Å². The van der Waals surface area contributed by atoms with Gasteiger partial charge < -0.3 is 10.0 Å². The molecule has 21 heavy (non-hydrogen) atoms. The van der Waals surface area contributed by atoms with Crippen LogP contribution in [0.3, 0.4) is 0 Å². The molecule has 0 aliphatic carbocycles. The van der Waals surface area contributed by atoms with Crippen molar-refractivity contribution >= 4 is 5.91 Å². The second kappa shape index (κ2) is 5.30. The molecule has 108 valence electrons.